The van der Waals surface area contributed by atoms with Crippen molar-refractivity contribution in [2.24, 2.45) is 4.99 Å². The Kier molecular flexibility index (Phi) is 20.0. The number of aliphatic imine (C=N–C) groups is 1. The van der Waals surface area contributed by atoms with Crippen LogP contribution < -0.4 is 0 Å². The van der Waals surface area contributed by atoms with E-state index in [1.165, 1.54) is 77.0 Å². The molecule has 4 aromatic carbocycles. The predicted molar refractivity (Wildman–Crippen MR) is 244 cm³/mol. The molecule has 324 valence electrons. The Labute approximate surface area is 361 Å². The Morgan fingerprint density at radius 1 is 0.433 bits per heavy atom. The number of hydrogen-bond acceptors (Lipinski definition) is 6. The van der Waals surface area contributed by atoms with Crippen molar-refractivity contribution in [3.8, 4) is 0 Å². The van der Waals surface area contributed by atoms with Gasteiger partial charge in [-0.25, -0.2) is 4.99 Å². The molecule has 0 bridgehead atoms. The van der Waals surface area contributed by atoms with Crippen LogP contribution in [0.25, 0.3) is 0 Å². The van der Waals surface area contributed by atoms with E-state index in [1.807, 2.05) is 18.2 Å². The molecule has 0 amide bonds. The number of unbranched alkanes of at least 4 members (excludes halogenated alkanes) is 12. The Morgan fingerprint density at radius 3 is 1.25 bits per heavy atom. The summed E-state index contributed by atoms with van der Waals surface area (Å²) in [6.07, 6.45) is 15.1. The average Bonchev–Trinajstić information content (AvgIpc) is 3.65. The lowest BCUT2D eigenvalue weighted by molar-refractivity contribution is -0.245. The van der Waals surface area contributed by atoms with E-state index in [0.717, 1.165) is 48.2 Å². The minimum absolute atomic E-state index is 0.195. The zero-order chi connectivity index (χ0) is 41.5. The third kappa shape index (κ3) is 14.3. The summed E-state index contributed by atoms with van der Waals surface area (Å²) >= 11 is 0. The molecule has 4 aromatic rings. The van der Waals surface area contributed by atoms with Gasteiger partial charge in [-0.15, -0.1) is 0 Å². The highest BCUT2D eigenvalue weighted by atomic mass is 16.6. The maximum absolute atomic E-state index is 7.18. The van der Waals surface area contributed by atoms with Crippen LogP contribution in [-0.4, -0.2) is 60.6 Å². The molecule has 7 heteroatoms. The van der Waals surface area contributed by atoms with Crippen molar-refractivity contribution < 1.29 is 23.7 Å². The summed E-state index contributed by atoms with van der Waals surface area (Å²) in [6.45, 7) is 7.82. The molecule has 0 unspecified atom stereocenters. The van der Waals surface area contributed by atoms with Crippen LogP contribution in [-0.2, 0) is 50.1 Å². The molecule has 6 rings (SSSR count). The highest BCUT2D eigenvalue weighted by Crippen LogP contribution is 2.40. The third-order valence-corrected chi connectivity index (χ3v) is 12.0. The first-order valence-corrected chi connectivity index (χ1v) is 23.3. The average molecular weight is 817 g/mol. The molecular weight excluding hydrogens is 745 g/mol. The van der Waals surface area contributed by atoms with E-state index in [4.69, 9.17) is 28.7 Å². The monoisotopic (exact) mass is 817 g/mol. The summed E-state index contributed by atoms with van der Waals surface area (Å²) in [6, 6.07) is 42.2. The topological polar surface area (TPSA) is 61.8 Å². The lowest BCUT2D eigenvalue weighted by Gasteiger charge is -2.48. The minimum atomic E-state index is -0.498. The standard InChI is InChI=1S/C53H72N2O5/c1-3-5-7-9-11-13-27-37-54-53-55(38-28-14-12-10-8-6-4-2)47-48(56-39-43-29-19-15-20-30-43)50(57-40-44-31-21-16-22-32-44)52(59-42-46-35-25-18-26-36-46)51(49(47)60-53)58-41-45-33-23-17-24-34-45/h15-26,29-36,47-52H,3-14,27-28,37-42H2,1-2H3/t47-,48-,49-,50+,51-,52-/m0/s1. The van der Waals surface area contributed by atoms with Gasteiger partial charge in [0.1, 0.15) is 30.5 Å². The van der Waals surface area contributed by atoms with E-state index in [9.17, 15) is 0 Å². The highest BCUT2D eigenvalue weighted by Gasteiger charge is 2.60. The Bertz CT molecular complexity index is 1730. The van der Waals surface area contributed by atoms with Gasteiger partial charge in [-0.3, -0.25) is 0 Å². The van der Waals surface area contributed by atoms with Crippen LogP contribution in [0.4, 0.5) is 0 Å². The summed E-state index contributed by atoms with van der Waals surface area (Å²) in [4.78, 5) is 7.70. The van der Waals surface area contributed by atoms with Gasteiger partial charge in [-0.1, -0.05) is 212 Å². The van der Waals surface area contributed by atoms with Crippen molar-refractivity contribution in [2.75, 3.05) is 13.1 Å². The van der Waals surface area contributed by atoms with Gasteiger partial charge in [0.2, 0.25) is 0 Å². The van der Waals surface area contributed by atoms with E-state index >= 15 is 0 Å². The van der Waals surface area contributed by atoms with Gasteiger partial charge in [0.25, 0.3) is 6.02 Å². The predicted octanol–water partition coefficient (Wildman–Crippen LogP) is 12.3. The van der Waals surface area contributed by atoms with E-state index in [1.54, 1.807) is 0 Å². The first kappa shape index (κ1) is 45.5. The van der Waals surface area contributed by atoms with E-state index in [0.29, 0.717) is 32.4 Å². The quantitative estimate of drug-likeness (QED) is 0.0532. The molecule has 60 heavy (non-hydrogen) atoms. The van der Waals surface area contributed by atoms with Gasteiger partial charge in [-0.2, -0.15) is 0 Å². The second kappa shape index (κ2) is 26.4. The van der Waals surface area contributed by atoms with Crippen LogP contribution >= 0.6 is 0 Å². The summed E-state index contributed by atoms with van der Waals surface area (Å²) in [5.74, 6) is 0. The van der Waals surface area contributed by atoms with Crippen LogP contribution in [0.3, 0.4) is 0 Å². The lowest BCUT2D eigenvalue weighted by atomic mass is 9.81. The molecule has 6 atom stereocenters. The molecule has 1 saturated heterocycles. The first-order chi connectivity index (χ1) is 29.7. The zero-order valence-corrected chi connectivity index (χ0v) is 36.6. The van der Waals surface area contributed by atoms with Crippen LogP contribution in [0.15, 0.2) is 126 Å². The zero-order valence-electron chi connectivity index (χ0n) is 36.6. The number of hydrogen-bond donors (Lipinski definition) is 0. The summed E-state index contributed by atoms with van der Waals surface area (Å²) in [7, 11) is 0. The van der Waals surface area contributed by atoms with Gasteiger partial charge in [-0.05, 0) is 35.1 Å². The summed E-state index contributed by atoms with van der Waals surface area (Å²) in [5, 5.41) is 0. The maximum atomic E-state index is 7.18. The van der Waals surface area contributed by atoms with Gasteiger partial charge in [0, 0.05) is 13.1 Å². The molecule has 0 radical (unpaired) electrons. The number of nitrogens with zero attached hydrogens (tertiary/aromatic N) is 2. The molecule has 0 spiro atoms. The van der Waals surface area contributed by atoms with Gasteiger partial charge < -0.3 is 28.6 Å². The number of amidine groups is 1. The highest BCUT2D eigenvalue weighted by molar-refractivity contribution is 5.77. The largest absolute Gasteiger partial charge is 0.457 e. The molecule has 1 aliphatic carbocycles. The van der Waals surface area contributed by atoms with Gasteiger partial charge >= 0.3 is 0 Å². The Hall–Kier alpha value is -4.01. The summed E-state index contributed by atoms with van der Waals surface area (Å²) in [5.41, 5.74) is 4.41. The molecular formula is C53H72N2O5. The van der Waals surface area contributed by atoms with Crippen molar-refractivity contribution >= 4 is 6.02 Å². The van der Waals surface area contributed by atoms with Crippen molar-refractivity contribution in [1.29, 1.82) is 0 Å². The fourth-order valence-corrected chi connectivity index (χ4v) is 8.63. The number of ether oxygens (including phenoxy) is 5. The molecule has 1 aliphatic heterocycles. The minimum Gasteiger partial charge on any atom is -0.457 e. The molecule has 1 saturated carbocycles. The second-order valence-electron chi connectivity index (χ2n) is 16.7. The first-order valence-electron chi connectivity index (χ1n) is 23.3. The lowest BCUT2D eigenvalue weighted by Crippen LogP contribution is -2.67. The second-order valence-corrected chi connectivity index (χ2v) is 16.7. The van der Waals surface area contributed by atoms with Crippen molar-refractivity contribution in [3.05, 3.63) is 144 Å². The Morgan fingerprint density at radius 2 is 0.800 bits per heavy atom. The fraction of sp³-hybridized carbons (Fsp3) is 0.528. The number of rotatable bonds is 28. The smallest absolute Gasteiger partial charge is 0.288 e. The Balaban J connectivity index is 1.35. The molecule has 2 fully saturated rings. The van der Waals surface area contributed by atoms with E-state index in [-0.39, 0.29) is 12.1 Å². The van der Waals surface area contributed by atoms with Crippen molar-refractivity contribution in [2.45, 2.75) is 167 Å². The van der Waals surface area contributed by atoms with Crippen LogP contribution in [0, 0.1) is 0 Å². The molecule has 1 heterocycles. The third-order valence-electron chi connectivity index (χ3n) is 12.0. The SMILES string of the molecule is CCCCCCCCCN=C1O[C@@H]2[C@H](OCc3ccccc3)[C@@H](OCc3ccccc3)[C@H](OCc3ccccc3)[C@@H](OCc3ccccc3)[C@@H]2N1CCCCCCCCC. The molecule has 7 nitrogen and oxygen atoms in total. The molecule has 0 aromatic heterocycles. The van der Waals surface area contributed by atoms with E-state index in [2.05, 4.69) is 122 Å². The normalized spacial score (nSPS) is 21.9. The van der Waals surface area contributed by atoms with Gasteiger partial charge in [0.15, 0.2) is 6.10 Å². The number of fused-ring (bicyclic) bond motifs is 1. The van der Waals surface area contributed by atoms with Crippen molar-refractivity contribution in [3.63, 3.8) is 0 Å². The molecule has 0 N–H and O–H groups in total. The van der Waals surface area contributed by atoms with Crippen LogP contribution in [0.5, 0.6) is 0 Å². The van der Waals surface area contributed by atoms with Gasteiger partial charge in [0.05, 0.1) is 26.4 Å². The fourth-order valence-electron chi connectivity index (χ4n) is 8.63. The number of benzene rings is 4. The van der Waals surface area contributed by atoms with Crippen LogP contribution in [0.1, 0.15) is 126 Å². The maximum Gasteiger partial charge on any atom is 0.288 e. The molecule has 2 aliphatic rings. The van der Waals surface area contributed by atoms with Crippen LogP contribution in [0.2, 0.25) is 0 Å². The van der Waals surface area contributed by atoms with E-state index < -0.39 is 24.4 Å². The summed E-state index contributed by atoms with van der Waals surface area (Å²) < 4.78 is 35.6. The van der Waals surface area contributed by atoms with Crippen molar-refractivity contribution in [1.82, 2.24) is 4.90 Å².